The molecule has 1 amide bonds. The molecule has 6 nitrogen and oxygen atoms in total. The summed E-state index contributed by atoms with van der Waals surface area (Å²) >= 11 is 0. The predicted octanol–water partition coefficient (Wildman–Crippen LogP) is 2.68. The molecule has 2 rings (SSSR count). The highest BCUT2D eigenvalue weighted by Gasteiger charge is 2.32. The van der Waals surface area contributed by atoms with Gasteiger partial charge in [0.1, 0.15) is 17.9 Å². The molecule has 0 bridgehead atoms. The van der Waals surface area contributed by atoms with Crippen LogP contribution in [-0.2, 0) is 9.47 Å². The zero-order valence-electron chi connectivity index (χ0n) is 13.9. The van der Waals surface area contributed by atoms with E-state index < -0.39 is 5.60 Å². The van der Waals surface area contributed by atoms with E-state index in [0.717, 1.165) is 12.8 Å². The van der Waals surface area contributed by atoms with Gasteiger partial charge >= 0.3 is 6.09 Å². The molecule has 1 aliphatic heterocycles. The summed E-state index contributed by atoms with van der Waals surface area (Å²) in [7, 11) is 0. The summed E-state index contributed by atoms with van der Waals surface area (Å²) in [4.78, 5) is 29.8. The van der Waals surface area contributed by atoms with E-state index in [1.165, 1.54) is 0 Å². The maximum atomic E-state index is 12.2. The van der Waals surface area contributed by atoms with Crippen molar-refractivity contribution in [3.8, 4) is 0 Å². The number of Topliss-reactive ketones (excluding diaryl/α,β-unsaturated/α-hetero) is 1. The van der Waals surface area contributed by atoms with Crippen LogP contribution < -0.4 is 0 Å². The van der Waals surface area contributed by atoms with Gasteiger partial charge in [0.2, 0.25) is 5.78 Å². The number of rotatable bonds is 5. The first kappa shape index (κ1) is 17.4. The molecule has 2 heterocycles. The third-order valence-corrected chi connectivity index (χ3v) is 3.50. The van der Waals surface area contributed by atoms with Crippen LogP contribution in [-0.4, -0.2) is 53.2 Å². The second-order valence-corrected chi connectivity index (χ2v) is 6.62. The minimum Gasteiger partial charge on any atom is -0.444 e. The average Bonchev–Trinajstić information content (AvgIpc) is 2.95. The number of nitrogens with zero attached hydrogens (tertiary/aromatic N) is 2. The molecule has 6 heteroatoms. The summed E-state index contributed by atoms with van der Waals surface area (Å²) in [6.45, 7) is 6.50. The zero-order chi connectivity index (χ0) is 16.9. The molecule has 0 saturated carbocycles. The molecule has 126 valence electrons. The lowest BCUT2D eigenvalue weighted by atomic mass is 10.2. The van der Waals surface area contributed by atoms with Gasteiger partial charge in [-0.05, 0) is 45.7 Å². The first-order valence-corrected chi connectivity index (χ1v) is 7.88. The van der Waals surface area contributed by atoms with Crippen molar-refractivity contribution in [3.05, 3.63) is 30.1 Å². The fraction of sp³-hybridized carbons (Fsp3) is 0.588. The van der Waals surface area contributed by atoms with Crippen molar-refractivity contribution in [1.29, 1.82) is 0 Å². The van der Waals surface area contributed by atoms with E-state index in [1.807, 2.05) is 20.8 Å². The van der Waals surface area contributed by atoms with E-state index in [0.29, 0.717) is 18.8 Å². The third-order valence-electron chi connectivity index (χ3n) is 3.50. The minimum absolute atomic E-state index is 0.0321. The second kappa shape index (κ2) is 7.55. The van der Waals surface area contributed by atoms with Crippen LogP contribution in [0.3, 0.4) is 0 Å². The molecule has 23 heavy (non-hydrogen) atoms. The number of hydrogen-bond donors (Lipinski definition) is 0. The Morgan fingerprint density at radius 2 is 2.13 bits per heavy atom. The number of carbonyl (C=O) groups excluding carboxylic acids is 2. The van der Waals surface area contributed by atoms with E-state index in [9.17, 15) is 9.59 Å². The van der Waals surface area contributed by atoms with Crippen molar-refractivity contribution in [2.45, 2.75) is 45.3 Å². The van der Waals surface area contributed by atoms with Gasteiger partial charge in [-0.15, -0.1) is 0 Å². The molecule has 0 unspecified atom stereocenters. The first-order chi connectivity index (χ1) is 10.9. The fourth-order valence-electron chi connectivity index (χ4n) is 2.46. The van der Waals surface area contributed by atoms with Gasteiger partial charge in [0.15, 0.2) is 0 Å². The molecule has 0 spiro atoms. The number of ether oxygens (including phenoxy) is 2. The van der Waals surface area contributed by atoms with E-state index in [4.69, 9.17) is 9.47 Å². The Labute approximate surface area is 136 Å². The number of likely N-dealkylation sites (tertiary alicyclic amines) is 1. The van der Waals surface area contributed by atoms with Gasteiger partial charge in [0.25, 0.3) is 0 Å². The molecule has 0 aromatic carbocycles. The van der Waals surface area contributed by atoms with Gasteiger partial charge in [-0.25, -0.2) is 4.79 Å². The number of amides is 1. The van der Waals surface area contributed by atoms with Gasteiger partial charge in [0.05, 0.1) is 12.6 Å². The molecule has 1 aromatic rings. The highest BCUT2D eigenvalue weighted by Crippen LogP contribution is 2.21. The van der Waals surface area contributed by atoms with Crippen LogP contribution in [0.5, 0.6) is 0 Å². The largest absolute Gasteiger partial charge is 0.444 e. The van der Waals surface area contributed by atoms with Crippen LogP contribution in [0.15, 0.2) is 24.4 Å². The Hall–Kier alpha value is -1.95. The van der Waals surface area contributed by atoms with E-state index in [1.54, 1.807) is 29.3 Å². The Balaban J connectivity index is 1.80. The van der Waals surface area contributed by atoms with Crippen LogP contribution in [0.1, 0.15) is 44.1 Å². The van der Waals surface area contributed by atoms with Crippen LogP contribution in [0, 0.1) is 0 Å². The highest BCUT2D eigenvalue weighted by molar-refractivity contribution is 5.95. The number of aromatic nitrogens is 1. The molecular weight excluding hydrogens is 296 g/mol. The Kier molecular flexibility index (Phi) is 5.71. The van der Waals surface area contributed by atoms with Crippen LogP contribution in [0.2, 0.25) is 0 Å². The van der Waals surface area contributed by atoms with E-state index >= 15 is 0 Å². The summed E-state index contributed by atoms with van der Waals surface area (Å²) in [5, 5.41) is 0. The quantitative estimate of drug-likeness (QED) is 0.780. The molecular formula is C17H24N2O4. The van der Waals surface area contributed by atoms with Gasteiger partial charge in [-0.3, -0.25) is 9.78 Å². The minimum atomic E-state index is -0.514. The van der Waals surface area contributed by atoms with Crippen molar-refractivity contribution in [3.63, 3.8) is 0 Å². The first-order valence-electron chi connectivity index (χ1n) is 7.88. The average molecular weight is 320 g/mol. The fourth-order valence-corrected chi connectivity index (χ4v) is 2.46. The van der Waals surface area contributed by atoms with Gasteiger partial charge < -0.3 is 14.4 Å². The predicted molar refractivity (Wildman–Crippen MR) is 85.3 cm³/mol. The third kappa shape index (κ3) is 5.32. The van der Waals surface area contributed by atoms with Crippen molar-refractivity contribution in [1.82, 2.24) is 9.88 Å². The van der Waals surface area contributed by atoms with Crippen molar-refractivity contribution in [2.24, 2.45) is 0 Å². The summed E-state index contributed by atoms with van der Waals surface area (Å²) in [5.74, 6) is -0.160. The van der Waals surface area contributed by atoms with Crippen LogP contribution >= 0.6 is 0 Å². The molecule has 1 aromatic heterocycles. The topological polar surface area (TPSA) is 68.7 Å². The maximum absolute atomic E-state index is 12.2. The lowest BCUT2D eigenvalue weighted by Crippen LogP contribution is -2.41. The van der Waals surface area contributed by atoms with Crippen molar-refractivity contribution >= 4 is 11.9 Å². The molecule has 1 saturated heterocycles. The van der Waals surface area contributed by atoms with Gasteiger partial charge in [-0.2, -0.15) is 0 Å². The van der Waals surface area contributed by atoms with Crippen LogP contribution in [0.4, 0.5) is 4.79 Å². The molecule has 1 fully saturated rings. The van der Waals surface area contributed by atoms with Crippen LogP contribution in [0.25, 0.3) is 0 Å². The standard InChI is InChI=1S/C17H24N2O4/c1-17(2,3)23-16(21)19-10-6-7-13(19)11-22-12-15(20)14-8-4-5-9-18-14/h4-5,8-9,13H,6-7,10-12H2,1-3H3/t13-/m0/s1. The SMILES string of the molecule is CC(C)(C)OC(=O)N1CCC[C@H]1COCC(=O)c1ccccn1. The molecule has 0 radical (unpaired) electrons. The Morgan fingerprint density at radius 1 is 1.35 bits per heavy atom. The number of hydrogen-bond acceptors (Lipinski definition) is 5. The summed E-state index contributed by atoms with van der Waals surface area (Å²) < 4.78 is 10.9. The Morgan fingerprint density at radius 3 is 2.78 bits per heavy atom. The number of carbonyl (C=O) groups is 2. The second-order valence-electron chi connectivity index (χ2n) is 6.62. The molecule has 1 aliphatic rings. The monoisotopic (exact) mass is 320 g/mol. The normalized spacial score (nSPS) is 18.0. The Bertz CT molecular complexity index is 539. The van der Waals surface area contributed by atoms with E-state index in [2.05, 4.69) is 4.98 Å². The lowest BCUT2D eigenvalue weighted by molar-refractivity contribution is 0.0115. The smallest absolute Gasteiger partial charge is 0.410 e. The summed E-state index contributed by atoms with van der Waals surface area (Å²) in [6, 6.07) is 5.14. The summed E-state index contributed by atoms with van der Waals surface area (Å²) in [6.07, 6.45) is 3.03. The van der Waals surface area contributed by atoms with Crippen molar-refractivity contribution < 1.29 is 19.1 Å². The molecule has 0 N–H and O–H groups in total. The maximum Gasteiger partial charge on any atom is 0.410 e. The summed E-state index contributed by atoms with van der Waals surface area (Å²) in [5.41, 5.74) is -0.122. The van der Waals surface area contributed by atoms with E-state index in [-0.39, 0.29) is 24.5 Å². The number of pyridine rings is 1. The zero-order valence-corrected chi connectivity index (χ0v) is 13.9. The van der Waals surface area contributed by atoms with Gasteiger partial charge in [0, 0.05) is 12.7 Å². The number of ketones is 1. The molecule has 0 aliphatic carbocycles. The lowest BCUT2D eigenvalue weighted by Gasteiger charge is -2.28. The molecule has 1 atom stereocenters. The van der Waals surface area contributed by atoms with Gasteiger partial charge in [-0.1, -0.05) is 6.07 Å². The highest BCUT2D eigenvalue weighted by atomic mass is 16.6. The van der Waals surface area contributed by atoms with Crippen molar-refractivity contribution in [2.75, 3.05) is 19.8 Å².